The molecule has 0 amide bonds. The van der Waals surface area contributed by atoms with Gasteiger partial charge in [-0.15, -0.1) is 0 Å². The molecule has 49 heavy (non-hydrogen) atoms. The van der Waals surface area contributed by atoms with Crippen molar-refractivity contribution in [2.24, 2.45) is 11.7 Å². The van der Waals surface area contributed by atoms with E-state index in [-0.39, 0.29) is 18.5 Å². The normalized spacial score (nSPS) is 12.1. The Morgan fingerprint density at radius 3 is 0.878 bits per heavy atom. The smallest absolute Gasteiger partial charge is 0.308 e. The van der Waals surface area contributed by atoms with Gasteiger partial charge in [-0.05, 0) is 12.8 Å². The summed E-state index contributed by atoms with van der Waals surface area (Å²) in [5, 5.41) is 0. The monoisotopic (exact) mass is 715 g/mol. The maximum atomic E-state index is 12.0. The number of unbranched alkanes of at least 4 members (excludes halogenated alkanes) is 1. The minimum absolute atomic E-state index is 0.00504. The second-order valence-corrected chi connectivity index (χ2v) is 10.6. The van der Waals surface area contributed by atoms with Crippen molar-refractivity contribution in [2.45, 2.75) is 39.5 Å². The van der Waals surface area contributed by atoms with E-state index in [0.717, 1.165) is 25.7 Å². The van der Waals surface area contributed by atoms with Gasteiger partial charge in [-0.3, -0.25) is 4.79 Å². The summed E-state index contributed by atoms with van der Waals surface area (Å²) in [6, 6.07) is 0. The molecule has 0 rings (SSSR count). The second-order valence-electron chi connectivity index (χ2n) is 10.6. The predicted octanol–water partition coefficient (Wildman–Crippen LogP) is 1.90. The van der Waals surface area contributed by atoms with Gasteiger partial charge in [0.15, 0.2) is 0 Å². The van der Waals surface area contributed by atoms with Crippen LogP contribution in [0.3, 0.4) is 0 Å². The summed E-state index contributed by atoms with van der Waals surface area (Å²) in [7, 11) is 0. The lowest BCUT2D eigenvalue weighted by atomic mass is 10.00. The zero-order valence-electron chi connectivity index (χ0n) is 30.6. The molecule has 294 valence electrons. The molecule has 0 aromatic carbocycles. The van der Waals surface area contributed by atoms with Crippen molar-refractivity contribution >= 4 is 5.97 Å². The molecule has 0 aliphatic carbocycles. The third-order valence-electron chi connectivity index (χ3n) is 6.56. The van der Waals surface area contributed by atoms with Crippen LogP contribution in [0.1, 0.15) is 39.5 Å². The van der Waals surface area contributed by atoms with E-state index in [1.54, 1.807) is 0 Å². The fourth-order valence-corrected chi connectivity index (χ4v) is 3.86. The lowest BCUT2D eigenvalue weighted by Crippen LogP contribution is -2.20. The first-order chi connectivity index (χ1) is 24.3. The molecule has 0 aromatic heterocycles. The van der Waals surface area contributed by atoms with E-state index in [9.17, 15) is 4.79 Å². The molecule has 1 atom stereocenters. The van der Waals surface area contributed by atoms with E-state index < -0.39 is 0 Å². The van der Waals surface area contributed by atoms with Gasteiger partial charge in [0.25, 0.3) is 0 Å². The maximum absolute atomic E-state index is 12.0. The van der Waals surface area contributed by atoms with Crippen LogP contribution in [0.5, 0.6) is 0 Å². The number of carbonyl (C=O) groups is 1. The Morgan fingerprint density at radius 1 is 0.408 bits per heavy atom. The molecule has 15 nitrogen and oxygen atoms in total. The van der Waals surface area contributed by atoms with E-state index >= 15 is 0 Å². The van der Waals surface area contributed by atoms with Crippen LogP contribution in [0.25, 0.3) is 0 Å². The highest BCUT2D eigenvalue weighted by molar-refractivity contribution is 5.72. The standard InChI is InChI=1S/C34H69NO14/c1-3-5-6-33(4-2)34(36)49-32-31-48-30-29-47-28-27-46-26-25-45-24-23-44-22-21-43-20-19-42-18-17-41-16-15-40-14-13-39-12-11-38-10-9-37-8-7-35/h33H,3-32,35H2,1-2H3. The fourth-order valence-electron chi connectivity index (χ4n) is 3.86. The van der Waals surface area contributed by atoms with Crippen LogP contribution in [0.15, 0.2) is 0 Å². The molecule has 0 aliphatic rings. The third-order valence-corrected chi connectivity index (χ3v) is 6.56. The Bertz CT molecular complexity index is 638. The number of hydrogen-bond donors (Lipinski definition) is 1. The highest BCUT2D eigenvalue weighted by Crippen LogP contribution is 2.14. The molecule has 0 saturated heterocycles. The van der Waals surface area contributed by atoms with Gasteiger partial charge in [-0.1, -0.05) is 26.7 Å². The number of carbonyl (C=O) groups excluding carboxylic acids is 1. The number of hydrogen-bond acceptors (Lipinski definition) is 15. The van der Waals surface area contributed by atoms with Crippen LogP contribution in [-0.4, -0.2) is 178 Å². The van der Waals surface area contributed by atoms with Crippen molar-refractivity contribution in [3.05, 3.63) is 0 Å². The fraction of sp³-hybridized carbons (Fsp3) is 0.971. The van der Waals surface area contributed by atoms with Gasteiger partial charge in [-0.25, -0.2) is 0 Å². The quantitative estimate of drug-likeness (QED) is 0.0719. The van der Waals surface area contributed by atoms with Crippen LogP contribution >= 0.6 is 0 Å². The average Bonchev–Trinajstić information content (AvgIpc) is 3.11. The Balaban J connectivity index is 3.13. The SMILES string of the molecule is CCCCC(CC)C(=O)OCCOCCOCCOCCOCCOCCOCCOCCOCCOCCOCCOCCOCCN. The van der Waals surface area contributed by atoms with Crippen LogP contribution in [-0.2, 0) is 66.4 Å². The van der Waals surface area contributed by atoms with Gasteiger partial charge in [0, 0.05) is 6.54 Å². The molecular formula is C34H69NO14. The summed E-state index contributed by atoms with van der Waals surface area (Å²) in [6.07, 6.45) is 3.83. The highest BCUT2D eigenvalue weighted by atomic mass is 16.6. The molecule has 0 aromatic rings. The highest BCUT2D eigenvalue weighted by Gasteiger charge is 2.16. The number of nitrogens with two attached hydrogens (primary N) is 1. The summed E-state index contributed by atoms with van der Waals surface area (Å²) < 4.78 is 70.5. The summed E-state index contributed by atoms with van der Waals surface area (Å²) >= 11 is 0. The zero-order chi connectivity index (χ0) is 35.6. The molecule has 0 radical (unpaired) electrons. The topological polar surface area (TPSA) is 163 Å². The van der Waals surface area contributed by atoms with E-state index in [1.165, 1.54) is 0 Å². The minimum Gasteiger partial charge on any atom is -0.463 e. The van der Waals surface area contributed by atoms with E-state index in [1.807, 2.05) is 6.92 Å². The van der Waals surface area contributed by atoms with Gasteiger partial charge in [0.2, 0.25) is 0 Å². The van der Waals surface area contributed by atoms with Crippen molar-refractivity contribution in [3.8, 4) is 0 Å². The van der Waals surface area contributed by atoms with Crippen molar-refractivity contribution in [3.63, 3.8) is 0 Å². The Morgan fingerprint density at radius 2 is 0.653 bits per heavy atom. The van der Waals surface area contributed by atoms with Crippen molar-refractivity contribution in [2.75, 3.05) is 172 Å². The second kappa shape index (κ2) is 43.1. The molecule has 0 aliphatic heterocycles. The minimum atomic E-state index is -0.121. The largest absolute Gasteiger partial charge is 0.463 e. The number of rotatable bonds is 43. The molecule has 0 fully saturated rings. The summed E-state index contributed by atoms with van der Waals surface area (Å²) in [5.41, 5.74) is 5.33. The molecular weight excluding hydrogens is 646 g/mol. The first kappa shape index (κ1) is 48.0. The first-order valence-electron chi connectivity index (χ1n) is 18.1. The van der Waals surface area contributed by atoms with Gasteiger partial charge >= 0.3 is 5.97 Å². The molecule has 0 saturated carbocycles. The van der Waals surface area contributed by atoms with Gasteiger partial charge in [-0.2, -0.15) is 0 Å². The van der Waals surface area contributed by atoms with E-state index in [0.29, 0.717) is 165 Å². The van der Waals surface area contributed by atoms with E-state index in [4.69, 9.17) is 67.3 Å². The van der Waals surface area contributed by atoms with Crippen molar-refractivity contribution in [1.82, 2.24) is 0 Å². The third kappa shape index (κ3) is 39.6. The summed E-state index contributed by atoms with van der Waals surface area (Å²) in [6.45, 7) is 16.9. The van der Waals surface area contributed by atoms with Crippen molar-refractivity contribution in [1.29, 1.82) is 0 Å². The van der Waals surface area contributed by atoms with Crippen LogP contribution < -0.4 is 5.73 Å². The summed E-state index contributed by atoms with van der Waals surface area (Å²) in [4.78, 5) is 12.0. The van der Waals surface area contributed by atoms with Gasteiger partial charge in [0.05, 0.1) is 164 Å². The Labute approximate surface area is 295 Å². The first-order valence-corrected chi connectivity index (χ1v) is 18.1. The number of esters is 1. The molecule has 1 unspecified atom stereocenters. The molecule has 0 bridgehead atoms. The zero-order valence-corrected chi connectivity index (χ0v) is 30.6. The molecule has 0 spiro atoms. The van der Waals surface area contributed by atoms with E-state index in [2.05, 4.69) is 6.92 Å². The lowest BCUT2D eigenvalue weighted by Gasteiger charge is -2.13. The summed E-state index contributed by atoms with van der Waals surface area (Å²) in [5.74, 6) is -0.126. The lowest BCUT2D eigenvalue weighted by molar-refractivity contribution is -0.150. The maximum Gasteiger partial charge on any atom is 0.308 e. The molecule has 15 heteroatoms. The molecule has 2 N–H and O–H groups in total. The van der Waals surface area contributed by atoms with Crippen LogP contribution in [0, 0.1) is 5.92 Å². The van der Waals surface area contributed by atoms with Crippen molar-refractivity contribution < 1.29 is 66.4 Å². The molecule has 0 heterocycles. The Kier molecular flexibility index (Phi) is 42.2. The average molecular weight is 716 g/mol. The Hall–Kier alpha value is -1.05. The van der Waals surface area contributed by atoms with Crippen LogP contribution in [0.4, 0.5) is 0 Å². The van der Waals surface area contributed by atoms with Gasteiger partial charge < -0.3 is 67.3 Å². The van der Waals surface area contributed by atoms with Gasteiger partial charge in [0.1, 0.15) is 6.61 Å². The predicted molar refractivity (Wildman–Crippen MR) is 183 cm³/mol. The number of ether oxygens (including phenoxy) is 13. The van der Waals surface area contributed by atoms with Crippen LogP contribution in [0.2, 0.25) is 0 Å².